The van der Waals surface area contributed by atoms with Gasteiger partial charge in [0, 0.05) is 18.6 Å². The van der Waals surface area contributed by atoms with Crippen LogP contribution < -0.4 is 4.74 Å². The highest BCUT2D eigenvalue weighted by molar-refractivity contribution is 5.96. The summed E-state index contributed by atoms with van der Waals surface area (Å²) in [7, 11) is 1.39. The monoisotopic (exact) mass is 252 g/mol. The first kappa shape index (κ1) is 13.0. The number of ketones is 1. The van der Waals surface area contributed by atoms with Crippen molar-refractivity contribution in [1.29, 1.82) is 0 Å². The molecule has 0 N–H and O–H groups in total. The van der Waals surface area contributed by atoms with Crippen molar-refractivity contribution < 1.29 is 18.7 Å². The third-order valence-electron chi connectivity index (χ3n) is 3.19. The van der Waals surface area contributed by atoms with E-state index >= 15 is 0 Å². The second kappa shape index (κ2) is 5.96. The van der Waals surface area contributed by atoms with Crippen molar-refractivity contribution in [2.75, 3.05) is 13.7 Å². The number of hydrogen-bond donors (Lipinski definition) is 0. The number of methoxy groups -OCH3 is 1. The molecule has 3 nitrogen and oxygen atoms in total. The Morgan fingerprint density at radius 1 is 1.56 bits per heavy atom. The molecule has 1 unspecified atom stereocenters. The fourth-order valence-electron chi connectivity index (χ4n) is 2.14. The highest BCUT2D eigenvalue weighted by atomic mass is 19.1. The Kier molecular flexibility index (Phi) is 4.31. The fraction of sp³-hybridized carbons (Fsp3) is 0.500. The first-order chi connectivity index (χ1) is 8.70. The van der Waals surface area contributed by atoms with Gasteiger partial charge in [0.25, 0.3) is 0 Å². The first-order valence-electron chi connectivity index (χ1n) is 6.19. The lowest BCUT2D eigenvalue weighted by molar-refractivity contribution is 0.0859. The van der Waals surface area contributed by atoms with E-state index in [9.17, 15) is 9.18 Å². The largest absolute Gasteiger partial charge is 0.494 e. The van der Waals surface area contributed by atoms with Crippen molar-refractivity contribution in [1.82, 2.24) is 0 Å². The Bertz CT molecular complexity index is 425. The number of hydrogen-bond acceptors (Lipinski definition) is 3. The Labute approximate surface area is 106 Å². The van der Waals surface area contributed by atoms with Gasteiger partial charge in [-0.1, -0.05) is 0 Å². The molecule has 1 aromatic rings. The predicted octanol–water partition coefficient (Wildman–Crippen LogP) is 2.98. The lowest BCUT2D eigenvalue weighted by atomic mass is 10.0. The minimum absolute atomic E-state index is 0.00352. The summed E-state index contributed by atoms with van der Waals surface area (Å²) in [5, 5.41) is 0. The standard InChI is InChI=1S/C14H17FO3/c1-17-14-9-10(4-6-12(14)15)13(16)7-5-11-3-2-8-18-11/h4,6,9,11H,2-3,5,7-8H2,1H3. The molecular weight excluding hydrogens is 235 g/mol. The average molecular weight is 252 g/mol. The van der Waals surface area contributed by atoms with Crippen molar-refractivity contribution in [2.45, 2.75) is 31.8 Å². The number of carbonyl (C=O) groups excluding carboxylic acids is 1. The second-order valence-electron chi connectivity index (χ2n) is 4.45. The number of ether oxygens (including phenoxy) is 2. The van der Waals surface area contributed by atoms with E-state index in [4.69, 9.17) is 9.47 Å². The number of rotatable bonds is 5. The van der Waals surface area contributed by atoms with E-state index in [-0.39, 0.29) is 17.6 Å². The molecule has 1 aliphatic heterocycles. The van der Waals surface area contributed by atoms with Crippen LogP contribution in [0.5, 0.6) is 5.75 Å². The Balaban J connectivity index is 1.95. The molecule has 2 rings (SSSR count). The van der Waals surface area contributed by atoms with Crippen LogP contribution in [0.4, 0.5) is 4.39 Å². The van der Waals surface area contributed by atoms with Crippen LogP contribution in [-0.4, -0.2) is 25.6 Å². The van der Waals surface area contributed by atoms with Crippen LogP contribution in [0.25, 0.3) is 0 Å². The van der Waals surface area contributed by atoms with Crippen LogP contribution in [-0.2, 0) is 4.74 Å². The third kappa shape index (κ3) is 3.07. The average Bonchev–Trinajstić information content (AvgIpc) is 2.89. The topological polar surface area (TPSA) is 35.5 Å². The lowest BCUT2D eigenvalue weighted by Gasteiger charge is -2.09. The molecule has 0 radical (unpaired) electrons. The van der Waals surface area contributed by atoms with Crippen LogP contribution in [0.3, 0.4) is 0 Å². The van der Waals surface area contributed by atoms with Crippen LogP contribution in [0.2, 0.25) is 0 Å². The summed E-state index contributed by atoms with van der Waals surface area (Å²) in [5.41, 5.74) is 0.492. The molecule has 0 aromatic heterocycles. The summed E-state index contributed by atoms with van der Waals surface area (Å²) in [5.74, 6) is -0.338. The molecule has 4 heteroatoms. The van der Waals surface area contributed by atoms with Crippen LogP contribution >= 0.6 is 0 Å². The van der Waals surface area contributed by atoms with Gasteiger partial charge in [-0.2, -0.15) is 0 Å². The molecule has 0 spiro atoms. The Morgan fingerprint density at radius 2 is 2.39 bits per heavy atom. The first-order valence-corrected chi connectivity index (χ1v) is 6.19. The maximum atomic E-state index is 13.2. The fourth-order valence-corrected chi connectivity index (χ4v) is 2.14. The number of Topliss-reactive ketones (excluding diaryl/α,β-unsaturated/α-hetero) is 1. The van der Waals surface area contributed by atoms with Crippen molar-refractivity contribution in [2.24, 2.45) is 0 Å². The van der Waals surface area contributed by atoms with E-state index in [0.29, 0.717) is 12.0 Å². The highest BCUT2D eigenvalue weighted by Gasteiger charge is 2.17. The smallest absolute Gasteiger partial charge is 0.165 e. The molecule has 0 bridgehead atoms. The van der Waals surface area contributed by atoms with Crippen LogP contribution in [0, 0.1) is 5.82 Å². The molecule has 1 aliphatic rings. The molecule has 1 saturated heterocycles. The zero-order valence-electron chi connectivity index (χ0n) is 10.4. The van der Waals surface area contributed by atoms with E-state index in [1.807, 2.05) is 0 Å². The molecule has 0 saturated carbocycles. The van der Waals surface area contributed by atoms with E-state index in [1.54, 1.807) is 0 Å². The van der Waals surface area contributed by atoms with Gasteiger partial charge < -0.3 is 9.47 Å². The maximum Gasteiger partial charge on any atom is 0.165 e. The highest BCUT2D eigenvalue weighted by Crippen LogP contribution is 2.21. The van der Waals surface area contributed by atoms with Gasteiger partial charge in [-0.25, -0.2) is 4.39 Å². The normalized spacial score (nSPS) is 18.9. The molecule has 98 valence electrons. The summed E-state index contributed by atoms with van der Waals surface area (Å²) in [6.07, 6.45) is 3.47. The molecule has 1 atom stereocenters. The summed E-state index contributed by atoms with van der Waals surface area (Å²) in [4.78, 5) is 11.9. The van der Waals surface area contributed by atoms with Crippen molar-refractivity contribution in [3.8, 4) is 5.75 Å². The zero-order chi connectivity index (χ0) is 13.0. The summed E-state index contributed by atoms with van der Waals surface area (Å²) < 4.78 is 23.5. The van der Waals surface area contributed by atoms with Crippen LogP contribution in [0.1, 0.15) is 36.0 Å². The van der Waals surface area contributed by atoms with Gasteiger partial charge in [-0.15, -0.1) is 0 Å². The molecule has 1 heterocycles. The summed E-state index contributed by atoms with van der Waals surface area (Å²) in [6, 6.07) is 4.21. The van der Waals surface area contributed by atoms with Gasteiger partial charge >= 0.3 is 0 Å². The number of carbonyl (C=O) groups is 1. The van der Waals surface area contributed by atoms with E-state index < -0.39 is 5.82 Å². The van der Waals surface area contributed by atoms with E-state index in [0.717, 1.165) is 25.9 Å². The quantitative estimate of drug-likeness (QED) is 0.756. The van der Waals surface area contributed by atoms with Gasteiger partial charge in [-0.05, 0) is 37.5 Å². The zero-order valence-corrected chi connectivity index (χ0v) is 10.4. The summed E-state index contributed by atoms with van der Waals surface area (Å²) >= 11 is 0. The molecule has 18 heavy (non-hydrogen) atoms. The Morgan fingerprint density at radius 3 is 3.06 bits per heavy atom. The minimum Gasteiger partial charge on any atom is -0.494 e. The molecule has 0 amide bonds. The number of halogens is 1. The molecule has 1 aromatic carbocycles. The summed E-state index contributed by atoms with van der Waals surface area (Å²) in [6.45, 7) is 0.795. The molecule has 0 aliphatic carbocycles. The van der Waals surface area contributed by atoms with E-state index in [1.165, 1.54) is 25.3 Å². The van der Waals surface area contributed by atoms with Gasteiger partial charge in [0.1, 0.15) is 0 Å². The second-order valence-corrected chi connectivity index (χ2v) is 4.45. The number of benzene rings is 1. The van der Waals surface area contributed by atoms with Gasteiger partial charge in [0.15, 0.2) is 17.3 Å². The van der Waals surface area contributed by atoms with Gasteiger partial charge in [0.2, 0.25) is 0 Å². The minimum atomic E-state index is -0.451. The molecule has 1 fully saturated rings. The maximum absolute atomic E-state index is 13.2. The van der Waals surface area contributed by atoms with Gasteiger partial charge in [-0.3, -0.25) is 4.79 Å². The molecular formula is C14H17FO3. The van der Waals surface area contributed by atoms with Crippen molar-refractivity contribution in [3.05, 3.63) is 29.6 Å². The van der Waals surface area contributed by atoms with Gasteiger partial charge in [0.05, 0.1) is 13.2 Å². The SMILES string of the molecule is COc1cc(C(=O)CCC2CCCO2)ccc1F. The lowest BCUT2D eigenvalue weighted by Crippen LogP contribution is -2.09. The van der Waals surface area contributed by atoms with Crippen LogP contribution in [0.15, 0.2) is 18.2 Å². The Hall–Kier alpha value is -1.42. The third-order valence-corrected chi connectivity index (χ3v) is 3.19. The predicted molar refractivity (Wildman–Crippen MR) is 65.5 cm³/mol. The van der Waals surface area contributed by atoms with Crippen molar-refractivity contribution >= 4 is 5.78 Å². The van der Waals surface area contributed by atoms with E-state index in [2.05, 4.69) is 0 Å². The van der Waals surface area contributed by atoms with Crippen molar-refractivity contribution in [3.63, 3.8) is 0 Å².